The van der Waals surface area contributed by atoms with Gasteiger partial charge in [-0.3, -0.25) is 0 Å². The first-order valence-corrected chi connectivity index (χ1v) is 5.63. The summed E-state index contributed by atoms with van der Waals surface area (Å²) in [6.07, 6.45) is 0. The van der Waals surface area contributed by atoms with Crippen molar-refractivity contribution in [1.82, 2.24) is 5.32 Å². The Balaban J connectivity index is 0.00000225. The standard InChI is InChI=1S/C12H18ClNO.ClH/c1-4-14-7-8-15-12-10(3)6-5-9(2)11(12)13;/h5-6,14H,4,7-8H2,1-3H3;1H. The predicted molar refractivity (Wildman–Crippen MR) is 72.2 cm³/mol. The molecule has 0 aliphatic carbocycles. The van der Waals surface area contributed by atoms with Gasteiger partial charge < -0.3 is 10.1 Å². The van der Waals surface area contributed by atoms with E-state index in [1.807, 2.05) is 26.0 Å². The van der Waals surface area contributed by atoms with Crippen molar-refractivity contribution in [3.8, 4) is 5.75 Å². The molecule has 2 nitrogen and oxygen atoms in total. The maximum atomic E-state index is 6.17. The molecule has 1 aromatic carbocycles. The lowest BCUT2D eigenvalue weighted by Crippen LogP contribution is -2.20. The highest BCUT2D eigenvalue weighted by Gasteiger charge is 2.07. The van der Waals surface area contributed by atoms with E-state index in [2.05, 4.69) is 12.2 Å². The van der Waals surface area contributed by atoms with Crippen LogP contribution in [0.2, 0.25) is 5.02 Å². The van der Waals surface area contributed by atoms with Crippen molar-refractivity contribution in [2.75, 3.05) is 19.7 Å². The Morgan fingerprint density at radius 3 is 2.50 bits per heavy atom. The van der Waals surface area contributed by atoms with Gasteiger partial charge >= 0.3 is 0 Å². The number of benzene rings is 1. The molecular formula is C12H19Cl2NO. The zero-order chi connectivity index (χ0) is 11.3. The van der Waals surface area contributed by atoms with Gasteiger partial charge in [-0.25, -0.2) is 0 Å². The van der Waals surface area contributed by atoms with Crippen molar-refractivity contribution in [2.45, 2.75) is 20.8 Å². The van der Waals surface area contributed by atoms with Crippen LogP contribution in [0.1, 0.15) is 18.1 Å². The summed E-state index contributed by atoms with van der Waals surface area (Å²) in [5, 5.41) is 3.93. The maximum Gasteiger partial charge on any atom is 0.141 e. The van der Waals surface area contributed by atoms with E-state index in [1.165, 1.54) is 0 Å². The molecule has 1 N–H and O–H groups in total. The molecule has 0 fully saturated rings. The maximum absolute atomic E-state index is 6.17. The monoisotopic (exact) mass is 263 g/mol. The summed E-state index contributed by atoms with van der Waals surface area (Å²) < 4.78 is 5.66. The van der Waals surface area contributed by atoms with Gasteiger partial charge in [-0.2, -0.15) is 0 Å². The number of halogens is 2. The van der Waals surface area contributed by atoms with Gasteiger partial charge in [-0.15, -0.1) is 12.4 Å². The first kappa shape index (κ1) is 15.6. The lowest BCUT2D eigenvalue weighted by molar-refractivity contribution is 0.313. The van der Waals surface area contributed by atoms with E-state index in [-0.39, 0.29) is 12.4 Å². The Morgan fingerprint density at radius 2 is 1.88 bits per heavy atom. The average Bonchev–Trinajstić information content (AvgIpc) is 2.23. The molecule has 0 aliphatic rings. The molecule has 0 spiro atoms. The molecular weight excluding hydrogens is 245 g/mol. The van der Waals surface area contributed by atoms with Crippen LogP contribution in [0.4, 0.5) is 0 Å². The van der Waals surface area contributed by atoms with Crippen molar-refractivity contribution in [2.24, 2.45) is 0 Å². The summed E-state index contributed by atoms with van der Waals surface area (Å²) in [7, 11) is 0. The fourth-order valence-electron chi connectivity index (χ4n) is 1.33. The van der Waals surface area contributed by atoms with E-state index in [4.69, 9.17) is 16.3 Å². The lowest BCUT2D eigenvalue weighted by Gasteiger charge is -2.12. The van der Waals surface area contributed by atoms with Crippen molar-refractivity contribution >= 4 is 24.0 Å². The Morgan fingerprint density at radius 1 is 1.25 bits per heavy atom. The zero-order valence-electron chi connectivity index (χ0n) is 9.97. The minimum absolute atomic E-state index is 0. The number of nitrogens with one attached hydrogen (secondary N) is 1. The highest BCUT2D eigenvalue weighted by molar-refractivity contribution is 6.32. The highest BCUT2D eigenvalue weighted by atomic mass is 35.5. The number of hydrogen-bond donors (Lipinski definition) is 1. The molecule has 16 heavy (non-hydrogen) atoms. The van der Waals surface area contributed by atoms with Crippen LogP contribution < -0.4 is 10.1 Å². The van der Waals surface area contributed by atoms with Gasteiger partial charge in [0.1, 0.15) is 12.4 Å². The van der Waals surface area contributed by atoms with Crippen LogP contribution in [-0.2, 0) is 0 Å². The second-order valence-corrected chi connectivity index (χ2v) is 3.92. The molecule has 92 valence electrons. The highest BCUT2D eigenvalue weighted by Crippen LogP contribution is 2.31. The molecule has 0 saturated heterocycles. The Bertz CT molecular complexity index is 329. The Kier molecular flexibility index (Phi) is 7.56. The number of hydrogen-bond acceptors (Lipinski definition) is 2. The van der Waals surface area contributed by atoms with Gasteiger partial charge in [0, 0.05) is 6.54 Å². The molecule has 0 saturated carbocycles. The van der Waals surface area contributed by atoms with Crippen molar-refractivity contribution in [3.63, 3.8) is 0 Å². The van der Waals surface area contributed by atoms with Crippen LogP contribution in [0, 0.1) is 13.8 Å². The third kappa shape index (κ3) is 4.20. The van der Waals surface area contributed by atoms with E-state index < -0.39 is 0 Å². The summed E-state index contributed by atoms with van der Waals surface area (Å²) in [6.45, 7) is 8.53. The molecule has 4 heteroatoms. The minimum atomic E-state index is 0. The normalized spacial score (nSPS) is 9.75. The number of ether oxygens (including phenoxy) is 1. The Hall–Kier alpha value is -0.440. The van der Waals surface area contributed by atoms with Gasteiger partial charge in [0.2, 0.25) is 0 Å². The van der Waals surface area contributed by atoms with E-state index in [0.29, 0.717) is 6.61 Å². The molecule has 1 aromatic rings. The fraction of sp³-hybridized carbons (Fsp3) is 0.500. The second-order valence-electron chi connectivity index (χ2n) is 3.54. The van der Waals surface area contributed by atoms with Crippen molar-refractivity contribution in [3.05, 3.63) is 28.3 Å². The molecule has 0 radical (unpaired) electrons. The van der Waals surface area contributed by atoms with Crippen LogP contribution in [0.15, 0.2) is 12.1 Å². The molecule has 0 heterocycles. The third-order valence-corrected chi connectivity index (χ3v) is 2.73. The van der Waals surface area contributed by atoms with Crippen LogP contribution in [0.25, 0.3) is 0 Å². The quantitative estimate of drug-likeness (QED) is 0.823. The Labute approximate surface area is 109 Å². The molecule has 0 atom stereocenters. The van der Waals surface area contributed by atoms with Gasteiger partial charge in [0.05, 0.1) is 5.02 Å². The predicted octanol–water partition coefficient (Wildman–Crippen LogP) is 3.37. The van der Waals surface area contributed by atoms with Crippen LogP contribution >= 0.6 is 24.0 Å². The van der Waals surface area contributed by atoms with Crippen molar-refractivity contribution in [1.29, 1.82) is 0 Å². The van der Waals surface area contributed by atoms with Crippen LogP contribution in [0.5, 0.6) is 5.75 Å². The molecule has 0 amide bonds. The molecule has 0 bridgehead atoms. The minimum Gasteiger partial charge on any atom is -0.490 e. The molecule has 0 aromatic heterocycles. The number of likely N-dealkylation sites (N-methyl/N-ethyl adjacent to an activating group) is 1. The largest absolute Gasteiger partial charge is 0.490 e. The van der Waals surface area contributed by atoms with E-state index in [0.717, 1.165) is 35.0 Å². The first-order chi connectivity index (χ1) is 7.16. The summed E-state index contributed by atoms with van der Waals surface area (Å²) in [6, 6.07) is 4.04. The molecule has 1 rings (SSSR count). The molecule has 0 unspecified atom stereocenters. The molecule has 0 aliphatic heterocycles. The topological polar surface area (TPSA) is 21.3 Å². The van der Waals surface area contributed by atoms with E-state index in [1.54, 1.807) is 0 Å². The SMILES string of the molecule is CCNCCOc1c(C)ccc(C)c1Cl.Cl. The average molecular weight is 264 g/mol. The summed E-state index contributed by atoms with van der Waals surface area (Å²) >= 11 is 6.17. The summed E-state index contributed by atoms with van der Waals surface area (Å²) in [5.41, 5.74) is 2.14. The number of rotatable bonds is 5. The van der Waals surface area contributed by atoms with Gasteiger partial charge in [0.15, 0.2) is 0 Å². The van der Waals surface area contributed by atoms with Gasteiger partial charge in [-0.05, 0) is 31.5 Å². The fourth-order valence-corrected chi connectivity index (χ4v) is 1.60. The van der Waals surface area contributed by atoms with Gasteiger partial charge in [0.25, 0.3) is 0 Å². The second kappa shape index (κ2) is 7.77. The third-order valence-electron chi connectivity index (χ3n) is 2.26. The van der Waals surface area contributed by atoms with Crippen LogP contribution in [0.3, 0.4) is 0 Å². The number of aryl methyl sites for hydroxylation is 2. The smallest absolute Gasteiger partial charge is 0.141 e. The van der Waals surface area contributed by atoms with Crippen LogP contribution in [-0.4, -0.2) is 19.7 Å². The first-order valence-electron chi connectivity index (χ1n) is 5.26. The van der Waals surface area contributed by atoms with Gasteiger partial charge in [-0.1, -0.05) is 30.7 Å². The van der Waals surface area contributed by atoms with E-state index >= 15 is 0 Å². The zero-order valence-corrected chi connectivity index (χ0v) is 11.5. The summed E-state index contributed by atoms with van der Waals surface area (Å²) in [5.74, 6) is 0.814. The van der Waals surface area contributed by atoms with Crippen molar-refractivity contribution < 1.29 is 4.74 Å². The lowest BCUT2D eigenvalue weighted by atomic mass is 10.1. The summed E-state index contributed by atoms with van der Waals surface area (Å²) in [4.78, 5) is 0. The van der Waals surface area contributed by atoms with E-state index in [9.17, 15) is 0 Å².